The molecular weight excluding hydrogens is 284 g/mol. The van der Waals surface area contributed by atoms with Crippen LogP contribution in [0.4, 0.5) is 0 Å². The summed E-state index contributed by atoms with van der Waals surface area (Å²) in [7, 11) is 0. The van der Waals surface area contributed by atoms with Gasteiger partial charge in [-0.2, -0.15) is 0 Å². The molecule has 6 atom stereocenters. The summed E-state index contributed by atoms with van der Waals surface area (Å²) in [6, 6.07) is 0. The van der Waals surface area contributed by atoms with Gasteiger partial charge in [-0.1, -0.05) is 31.9 Å². The molecule has 0 N–H and O–H groups in total. The standard InChI is InChI=1S/C21H32O2/c1-14(22)23-16-8-12-21(3)15(13-16)6-7-17-18-5-4-10-20(18,2)11-9-19(17)21/h6,16-19H,4-5,7-13H2,1-3H3/t16-,17-,18-,19-,20+,21+/m1/s1. The minimum atomic E-state index is -0.118. The van der Waals surface area contributed by atoms with Crippen LogP contribution in [0.5, 0.6) is 0 Å². The van der Waals surface area contributed by atoms with Gasteiger partial charge in [-0.05, 0) is 73.5 Å². The molecule has 0 aromatic heterocycles. The average Bonchev–Trinajstić information content (AvgIpc) is 2.89. The maximum atomic E-state index is 11.3. The van der Waals surface area contributed by atoms with E-state index >= 15 is 0 Å². The molecule has 0 aromatic carbocycles. The van der Waals surface area contributed by atoms with Gasteiger partial charge in [0.2, 0.25) is 0 Å². The van der Waals surface area contributed by atoms with E-state index in [2.05, 4.69) is 19.9 Å². The van der Waals surface area contributed by atoms with Crippen LogP contribution in [0, 0.1) is 28.6 Å². The van der Waals surface area contributed by atoms with Gasteiger partial charge in [0.1, 0.15) is 6.10 Å². The first kappa shape index (κ1) is 15.7. The highest BCUT2D eigenvalue weighted by atomic mass is 16.5. The number of hydrogen-bond acceptors (Lipinski definition) is 2. The Balaban J connectivity index is 1.58. The van der Waals surface area contributed by atoms with Crippen molar-refractivity contribution in [1.29, 1.82) is 0 Å². The minimum Gasteiger partial charge on any atom is -0.462 e. The van der Waals surface area contributed by atoms with Gasteiger partial charge in [-0.3, -0.25) is 4.79 Å². The van der Waals surface area contributed by atoms with Crippen molar-refractivity contribution in [2.24, 2.45) is 28.6 Å². The molecule has 0 heterocycles. The molecule has 0 aliphatic heterocycles. The van der Waals surface area contributed by atoms with Crippen LogP contribution in [0.1, 0.15) is 78.6 Å². The Bertz CT molecular complexity index is 536. The van der Waals surface area contributed by atoms with E-state index in [1.54, 1.807) is 12.5 Å². The lowest BCUT2D eigenvalue weighted by Crippen LogP contribution is -2.49. The number of fused-ring (bicyclic) bond motifs is 5. The lowest BCUT2D eigenvalue weighted by molar-refractivity contribution is -0.148. The van der Waals surface area contributed by atoms with Crippen LogP contribution < -0.4 is 0 Å². The summed E-state index contributed by atoms with van der Waals surface area (Å²) in [5, 5.41) is 0. The van der Waals surface area contributed by atoms with Crippen molar-refractivity contribution in [2.75, 3.05) is 0 Å². The van der Waals surface area contributed by atoms with Gasteiger partial charge in [0, 0.05) is 13.3 Å². The van der Waals surface area contributed by atoms with Crippen molar-refractivity contribution in [3.05, 3.63) is 11.6 Å². The zero-order chi connectivity index (χ0) is 16.2. The fourth-order valence-corrected chi connectivity index (χ4v) is 6.96. The van der Waals surface area contributed by atoms with Gasteiger partial charge >= 0.3 is 5.97 Å². The first-order valence-corrected chi connectivity index (χ1v) is 9.79. The van der Waals surface area contributed by atoms with E-state index in [0.717, 1.165) is 30.6 Å². The fourth-order valence-electron chi connectivity index (χ4n) is 6.96. The number of esters is 1. The largest absolute Gasteiger partial charge is 0.462 e. The van der Waals surface area contributed by atoms with Gasteiger partial charge in [-0.15, -0.1) is 0 Å². The molecule has 3 fully saturated rings. The minimum absolute atomic E-state index is 0.118. The second-order valence-electron chi connectivity index (χ2n) is 9.32. The Morgan fingerprint density at radius 1 is 1.13 bits per heavy atom. The van der Waals surface area contributed by atoms with E-state index in [4.69, 9.17) is 4.74 Å². The SMILES string of the molecule is CC(=O)O[C@@H]1CC[C@@]2(C)C(=CC[C@@H]3[C@H]4CCC[C@@]4(C)CC[C@H]32)C1. The van der Waals surface area contributed by atoms with Crippen molar-refractivity contribution < 1.29 is 9.53 Å². The molecule has 0 unspecified atom stereocenters. The molecule has 0 aromatic rings. The quantitative estimate of drug-likeness (QED) is 0.486. The molecule has 0 amide bonds. The first-order valence-electron chi connectivity index (χ1n) is 9.79. The van der Waals surface area contributed by atoms with Gasteiger partial charge < -0.3 is 4.74 Å². The van der Waals surface area contributed by atoms with E-state index in [1.165, 1.54) is 44.9 Å². The van der Waals surface area contributed by atoms with Crippen molar-refractivity contribution in [2.45, 2.75) is 84.7 Å². The van der Waals surface area contributed by atoms with Crippen LogP contribution in [0.15, 0.2) is 11.6 Å². The summed E-state index contributed by atoms with van der Waals surface area (Å²) in [6.07, 6.45) is 14.5. The second-order valence-corrected chi connectivity index (χ2v) is 9.32. The number of ether oxygens (including phenoxy) is 1. The monoisotopic (exact) mass is 316 g/mol. The topological polar surface area (TPSA) is 26.3 Å². The van der Waals surface area contributed by atoms with Crippen LogP contribution >= 0.6 is 0 Å². The Labute approximate surface area is 141 Å². The molecule has 128 valence electrons. The Kier molecular flexibility index (Phi) is 3.66. The van der Waals surface area contributed by atoms with Gasteiger partial charge in [0.25, 0.3) is 0 Å². The number of rotatable bonds is 1. The lowest BCUT2D eigenvalue weighted by Gasteiger charge is -2.57. The van der Waals surface area contributed by atoms with Crippen molar-refractivity contribution in [1.82, 2.24) is 0 Å². The van der Waals surface area contributed by atoms with Crippen LogP contribution in [0.2, 0.25) is 0 Å². The van der Waals surface area contributed by atoms with Crippen molar-refractivity contribution in [3.8, 4) is 0 Å². The van der Waals surface area contributed by atoms with Gasteiger partial charge in [0.15, 0.2) is 0 Å². The maximum absolute atomic E-state index is 11.3. The molecule has 4 aliphatic rings. The summed E-state index contributed by atoms with van der Waals surface area (Å²) in [5.74, 6) is 2.63. The zero-order valence-electron chi connectivity index (χ0n) is 15.1. The third-order valence-electron chi connectivity index (χ3n) is 8.17. The Morgan fingerprint density at radius 3 is 2.74 bits per heavy atom. The van der Waals surface area contributed by atoms with E-state index in [1.807, 2.05) is 0 Å². The molecule has 2 nitrogen and oxygen atoms in total. The van der Waals surface area contributed by atoms with Gasteiger partial charge in [0.05, 0.1) is 0 Å². The molecule has 23 heavy (non-hydrogen) atoms. The molecule has 3 saturated carbocycles. The number of hydrogen-bond donors (Lipinski definition) is 0. The highest BCUT2D eigenvalue weighted by molar-refractivity contribution is 5.66. The Morgan fingerprint density at radius 2 is 1.96 bits per heavy atom. The third-order valence-corrected chi connectivity index (χ3v) is 8.17. The number of carbonyl (C=O) groups excluding carboxylic acids is 1. The summed E-state index contributed by atoms with van der Waals surface area (Å²) in [5.41, 5.74) is 2.62. The zero-order valence-corrected chi connectivity index (χ0v) is 15.1. The van der Waals surface area contributed by atoms with Crippen molar-refractivity contribution >= 4 is 5.97 Å². The fraction of sp³-hybridized carbons (Fsp3) is 0.857. The molecule has 2 heteroatoms. The smallest absolute Gasteiger partial charge is 0.302 e. The first-order chi connectivity index (χ1) is 10.9. The maximum Gasteiger partial charge on any atom is 0.302 e. The molecule has 4 rings (SSSR count). The van der Waals surface area contributed by atoms with E-state index < -0.39 is 0 Å². The average molecular weight is 316 g/mol. The molecule has 0 radical (unpaired) electrons. The van der Waals surface area contributed by atoms with Crippen LogP contribution in [0.25, 0.3) is 0 Å². The van der Waals surface area contributed by atoms with Crippen molar-refractivity contribution in [3.63, 3.8) is 0 Å². The van der Waals surface area contributed by atoms with Gasteiger partial charge in [-0.25, -0.2) is 0 Å². The summed E-state index contributed by atoms with van der Waals surface area (Å²) in [6.45, 7) is 6.64. The highest BCUT2D eigenvalue weighted by Crippen LogP contribution is 2.64. The highest BCUT2D eigenvalue weighted by Gasteiger charge is 2.55. The molecule has 0 spiro atoms. The normalized spacial score (nSPS) is 48.7. The molecule has 0 saturated heterocycles. The second kappa shape index (κ2) is 5.36. The van der Waals surface area contributed by atoms with Crippen LogP contribution in [0.3, 0.4) is 0 Å². The van der Waals surface area contributed by atoms with Crippen LogP contribution in [-0.2, 0) is 9.53 Å². The third kappa shape index (κ3) is 2.39. The Hall–Kier alpha value is -0.790. The number of allylic oxidation sites excluding steroid dienone is 1. The van der Waals surface area contributed by atoms with E-state index in [-0.39, 0.29) is 12.1 Å². The lowest BCUT2D eigenvalue weighted by atomic mass is 9.48. The summed E-state index contributed by atoms with van der Waals surface area (Å²) < 4.78 is 5.53. The van der Waals surface area contributed by atoms with E-state index in [9.17, 15) is 4.79 Å². The summed E-state index contributed by atoms with van der Waals surface area (Å²) in [4.78, 5) is 11.3. The molecular formula is C21H32O2. The predicted octanol–water partition coefficient (Wildman–Crippen LogP) is 5.27. The van der Waals surface area contributed by atoms with Crippen LogP contribution in [-0.4, -0.2) is 12.1 Å². The molecule has 4 aliphatic carbocycles. The summed E-state index contributed by atoms with van der Waals surface area (Å²) >= 11 is 0. The van der Waals surface area contributed by atoms with E-state index in [0.29, 0.717) is 10.8 Å². The number of carbonyl (C=O) groups is 1. The molecule has 0 bridgehead atoms. The predicted molar refractivity (Wildman–Crippen MR) is 91.9 cm³/mol.